The highest BCUT2D eigenvalue weighted by atomic mass is 16.3. The summed E-state index contributed by atoms with van der Waals surface area (Å²) < 4.78 is 5.17. The highest BCUT2D eigenvalue weighted by Gasteiger charge is 2.20. The number of benzene rings is 1. The van der Waals surface area contributed by atoms with Crippen molar-refractivity contribution >= 4 is 17.5 Å². The lowest BCUT2D eigenvalue weighted by molar-refractivity contribution is -0.125. The van der Waals surface area contributed by atoms with E-state index in [1.54, 1.807) is 37.3 Å². The zero-order valence-electron chi connectivity index (χ0n) is 15.1. The molecular formula is C19H25N3O3. The molecule has 0 bridgehead atoms. The zero-order chi connectivity index (χ0) is 18.4. The van der Waals surface area contributed by atoms with Gasteiger partial charge in [-0.05, 0) is 57.1 Å². The Morgan fingerprint density at radius 1 is 1.24 bits per heavy atom. The molecule has 2 rings (SSSR count). The number of carbonyl (C=O) groups excluding carboxylic acids is 2. The van der Waals surface area contributed by atoms with E-state index in [1.165, 1.54) is 0 Å². The topological polar surface area (TPSA) is 74.6 Å². The van der Waals surface area contributed by atoms with Crippen LogP contribution in [0.3, 0.4) is 0 Å². The van der Waals surface area contributed by atoms with E-state index in [2.05, 4.69) is 10.6 Å². The van der Waals surface area contributed by atoms with Crippen molar-refractivity contribution in [2.45, 2.75) is 33.4 Å². The lowest BCUT2D eigenvalue weighted by atomic mass is 10.1. The number of furan rings is 1. The third-order valence-electron chi connectivity index (χ3n) is 4.12. The van der Waals surface area contributed by atoms with Crippen molar-refractivity contribution in [1.82, 2.24) is 10.2 Å². The summed E-state index contributed by atoms with van der Waals surface area (Å²) in [7, 11) is 1.75. The van der Waals surface area contributed by atoms with Crippen molar-refractivity contribution in [1.29, 1.82) is 0 Å². The maximum atomic E-state index is 12.4. The van der Waals surface area contributed by atoms with Gasteiger partial charge < -0.3 is 15.1 Å². The quantitative estimate of drug-likeness (QED) is 0.810. The van der Waals surface area contributed by atoms with Crippen LogP contribution in [0.1, 0.15) is 23.8 Å². The molecule has 1 aromatic heterocycles. The second-order valence-electron chi connectivity index (χ2n) is 6.25. The van der Waals surface area contributed by atoms with Crippen molar-refractivity contribution < 1.29 is 14.0 Å². The van der Waals surface area contributed by atoms with Crippen molar-refractivity contribution in [2.24, 2.45) is 0 Å². The molecule has 1 atom stereocenters. The molecule has 0 spiro atoms. The van der Waals surface area contributed by atoms with E-state index in [1.807, 2.05) is 32.0 Å². The van der Waals surface area contributed by atoms with Gasteiger partial charge in [-0.25, -0.2) is 0 Å². The summed E-state index contributed by atoms with van der Waals surface area (Å²) in [5.41, 5.74) is 2.89. The first-order chi connectivity index (χ1) is 11.9. The van der Waals surface area contributed by atoms with Crippen LogP contribution >= 0.6 is 0 Å². The molecule has 2 N–H and O–H groups in total. The van der Waals surface area contributed by atoms with Crippen LogP contribution in [0.5, 0.6) is 0 Å². The number of hydrogen-bond donors (Lipinski definition) is 2. The second kappa shape index (κ2) is 8.48. The highest BCUT2D eigenvalue weighted by Crippen LogP contribution is 2.17. The van der Waals surface area contributed by atoms with Crippen molar-refractivity contribution in [3.63, 3.8) is 0 Å². The Hall–Kier alpha value is -2.60. The molecule has 0 radical (unpaired) electrons. The average molecular weight is 343 g/mol. The molecule has 134 valence electrons. The summed E-state index contributed by atoms with van der Waals surface area (Å²) in [4.78, 5) is 26.2. The van der Waals surface area contributed by atoms with Gasteiger partial charge in [0.1, 0.15) is 5.76 Å². The molecule has 1 aromatic carbocycles. The summed E-state index contributed by atoms with van der Waals surface area (Å²) in [5, 5.41) is 5.70. The molecule has 2 aromatic rings. The van der Waals surface area contributed by atoms with Gasteiger partial charge in [0.05, 0.1) is 25.4 Å². The Morgan fingerprint density at radius 3 is 2.68 bits per heavy atom. The van der Waals surface area contributed by atoms with Gasteiger partial charge in [0.15, 0.2) is 0 Å². The number of amides is 2. The summed E-state index contributed by atoms with van der Waals surface area (Å²) in [6.45, 7) is 6.17. The standard InChI is InChI=1S/C19H25N3O3/c1-13-7-8-14(2)17(10-13)21-19(24)15(3)22(4)12-18(23)20-11-16-6-5-9-25-16/h5-10,15H,11-12H2,1-4H3,(H,20,23)(H,21,24)/t15-/m0/s1. The number of nitrogens with one attached hydrogen (secondary N) is 2. The summed E-state index contributed by atoms with van der Waals surface area (Å²) in [6.07, 6.45) is 1.56. The number of anilines is 1. The molecular weight excluding hydrogens is 318 g/mol. The van der Waals surface area contributed by atoms with Gasteiger partial charge in [-0.3, -0.25) is 14.5 Å². The largest absolute Gasteiger partial charge is 0.467 e. The van der Waals surface area contributed by atoms with Crippen LogP contribution in [-0.4, -0.2) is 36.3 Å². The molecule has 0 saturated heterocycles. The summed E-state index contributed by atoms with van der Waals surface area (Å²) >= 11 is 0. The number of carbonyl (C=O) groups is 2. The lowest BCUT2D eigenvalue weighted by Gasteiger charge is -2.23. The van der Waals surface area contributed by atoms with Gasteiger partial charge in [0.25, 0.3) is 0 Å². The molecule has 0 aliphatic rings. The fraction of sp³-hybridized carbons (Fsp3) is 0.368. The molecule has 0 aliphatic heterocycles. The number of nitrogens with zero attached hydrogens (tertiary/aromatic N) is 1. The van der Waals surface area contributed by atoms with E-state index in [4.69, 9.17) is 4.42 Å². The number of likely N-dealkylation sites (N-methyl/N-ethyl adjacent to an activating group) is 1. The molecule has 0 unspecified atom stereocenters. The number of hydrogen-bond acceptors (Lipinski definition) is 4. The van der Waals surface area contributed by atoms with E-state index >= 15 is 0 Å². The Bertz CT molecular complexity index is 726. The molecule has 6 nitrogen and oxygen atoms in total. The minimum Gasteiger partial charge on any atom is -0.467 e. The molecule has 0 aliphatic carbocycles. The first-order valence-corrected chi connectivity index (χ1v) is 8.24. The normalized spacial score (nSPS) is 12.0. The number of rotatable bonds is 7. The molecule has 25 heavy (non-hydrogen) atoms. The van der Waals surface area contributed by atoms with Crippen LogP contribution in [-0.2, 0) is 16.1 Å². The third kappa shape index (κ3) is 5.46. The fourth-order valence-corrected chi connectivity index (χ4v) is 2.33. The average Bonchev–Trinajstić information content (AvgIpc) is 3.09. The molecule has 0 saturated carbocycles. The van der Waals surface area contributed by atoms with Crippen LogP contribution in [0.15, 0.2) is 41.0 Å². The molecule has 1 heterocycles. The van der Waals surface area contributed by atoms with Crippen LogP contribution in [0.25, 0.3) is 0 Å². The van der Waals surface area contributed by atoms with Crippen LogP contribution in [0.2, 0.25) is 0 Å². The Morgan fingerprint density at radius 2 is 2.00 bits per heavy atom. The van der Waals surface area contributed by atoms with Gasteiger partial charge in [0, 0.05) is 5.69 Å². The van der Waals surface area contributed by atoms with Crippen LogP contribution in [0, 0.1) is 13.8 Å². The second-order valence-corrected chi connectivity index (χ2v) is 6.25. The van der Waals surface area contributed by atoms with Crippen molar-refractivity contribution in [3.8, 4) is 0 Å². The first-order valence-electron chi connectivity index (χ1n) is 8.24. The Kier molecular flexibility index (Phi) is 6.36. The van der Waals surface area contributed by atoms with E-state index in [9.17, 15) is 9.59 Å². The minimum absolute atomic E-state index is 0.127. The van der Waals surface area contributed by atoms with Gasteiger partial charge in [0.2, 0.25) is 11.8 Å². The predicted molar refractivity (Wildman–Crippen MR) is 97.2 cm³/mol. The van der Waals surface area contributed by atoms with E-state index in [-0.39, 0.29) is 18.4 Å². The summed E-state index contributed by atoms with van der Waals surface area (Å²) in [5.74, 6) is 0.386. The maximum Gasteiger partial charge on any atom is 0.241 e. The highest BCUT2D eigenvalue weighted by molar-refractivity contribution is 5.95. The van der Waals surface area contributed by atoms with Gasteiger partial charge in [-0.1, -0.05) is 12.1 Å². The van der Waals surface area contributed by atoms with E-state index in [0.29, 0.717) is 12.3 Å². The maximum absolute atomic E-state index is 12.4. The molecule has 0 fully saturated rings. The first kappa shape index (κ1) is 18.7. The summed E-state index contributed by atoms with van der Waals surface area (Å²) in [6, 6.07) is 9.05. The van der Waals surface area contributed by atoms with Gasteiger partial charge in [-0.15, -0.1) is 0 Å². The van der Waals surface area contributed by atoms with E-state index < -0.39 is 6.04 Å². The molecule has 2 amide bonds. The fourth-order valence-electron chi connectivity index (χ4n) is 2.33. The Labute approximate surface area is 148 Å². The van der Waals surface area contributed by atoms with Gasteiger partial charge >= 0.3 is 0 Å². The van der Waals surface area contributed by atoms with Crippen LogP contribution in [0.4, 0.5) is 5.69 Å². The SMILES string of the molecule is Cc1ccc(C)c(NC(=O)[C@H](C)N(C)CC(=O)NCc2ccco2)c1. The number of aryl methyl sites for hydroxylation is 2. The smallest absolute Gasteiger partial charge is 0.241 e. The van der Waals surface area contributed by atoms with Gasteiger partial charge in [-0.2, -0.15) is 0 Å². The third-order valence-corrected chi connectivity index (χ3v) is 4.12. The Balaban J connectivity index is 1.85. The van der Waals surface area contributed by atoms with Crippen molar-refractivity contribution in [2.75, 3.05) is 18.9 Å². The monoisotopic (exact) mass is 343 g/mol. The van der Waals surface area contributed by atoms with Crippen molar-refractivity contribution in [3.05, 3.63) is 53.5 Å². The van der Waals surface area contributed by atoms with E-state index in [0.717, 1.165) is 16.8 Å². The molecule has 6 heteroatoms. The predicted octanol–water partition coefficient (Wildman–Crippen LogP) is 2.47. The van der Waals surface area contributed by atoms with Crippen LogP contribution < -0.4 is 10.6 Å². The zero-order valence-corrected chi connectivity index (χ0v) is 15.1. The minimum atomic E-state index is -0.436. The lowest BCUT2D eigenvalue weighted by Crippen LogP contribution is -2.44.